The molecule has 0 radical (unpaired) electrons. The molecule has 31 heavy (non-hydrogen) atoms. The quantitative estimate of drug-likeness (QED) is 0.480. The summed E-state index contributed by atoms with van der Waals surface area (Å²) >= 11 is 1.26. The van der Waals surface area contributed by atoms with E-state index in [0.717, 1.165) is 23.3 Å². The van der Waals surface area contributed by atoms with Crippen molar-refractivity contribution >= 4 is 30.3 Å². The molecule has 1 heterocycles. The number of alkyl halides is 3. The first-order valence-corrected chi connectivity index (χ1v) is 10.5. The van der Waals surface area contributed by atoms with Gasteiger partial charge in [-0.05, 0) is 74.0 Å². The molecule has 3 rings (SSSR count). The van der Waals surface area contributed by atoms with E-state index in [1.54, 1.807) is 12.1 Å². The summed E-state index contributed by atoms with van der Waals surface area (Å²) in [5.41, 5.74) is 1.81. The van der Waals surface area contributed by atoms with E-state index in [9.17, 15) is 23.1 Å². The van der Waals surface area contributed by atoms with Crippen molar-refractivity contribution < 1.29 is 23.1 Å². The Labute approximate surface area is 183 Å². The summed E-state index contributed by atoms with van der Waals surface area (Å²) in [5, 5.41) is 9.27. The Balaban J connectivity index is 1.69. The number of hydrogen-bond acceptors (Lipinski definition) is 5. The molecule has 0 saturated carbocycles. The minimum Gasteiger partial charge on any atom is -0.478 e. The zero-order valence-electron chi connectivity index (χ0n) is 17.3. The van der Waals surface area contributed by atoms with Crippen molar-refractivity contribution in [3.05, 3.63) is 58.7 Å². The molecular weight excluding hydrogens is 427 g/mol. The summed E-state index contributed by atoms with van der Waals surface area (Å²) < 4.78 is 41.3. The van der Waals surface area contributed by atoms with E-state index < -0.39 is 17.7 Å². The molecule has 9 heteroatoms. The number of carbonyl (C=O) groups is 1. The fraction of sp³-hybridized carbons (Fsp3) is 0.364. The van der Waals surface area contributed by atoms with Gasteiger partial charge < -0.3 is 5.11 Å². The molecule has 166 valence electrons. The summed E-state index contributed by atoms with van der Waals surface area (Å²) in [6.45, 7) is 10.0. The predicted octanol–water partition coefficient (Wildman–Crippen LogP) is 5.26. The molecule has 2 aromatic carbocycles. The van der Waals surface area contributed by atoms with Crippen LogP contribution in [-0.4, -0.2) is 52.7 Å². The van der Waals surface area contributed by atoms with Gasteiger partial charge in [0.25, 0.3) is 0 Å². The normalized spacial score (nSPS) is 18.2. The first-order chi connectivity index (χ1) is 14.6. The number of carboxylic acids is 1. The van der Waals surface area contributed by atoms with Crippen LogP contribution in [0.3, 0.4) is 0 Å². The molecule has 0 aromatic heterocycles. The topological polar surface area (TPSA) is 56.1 Å². The van der Waals surface area contributed by atoms with E-state index in [-0.39, 0.29) is 11.6 Å². The highest BCUT2D eigenvalue weighted by atomic mass is 32.2. The number of hydrogen-bond donors (Lipinski definition) is 1. The van der Waals surface area contributed by atoms with Gasteiger partial charge in [0, 0.05) is 37.1 Å². The Morgan fingerprint density at radius 2 is 2.00 bits per heavy atom. The van der Waals surface area contributed by atoms with Gasteiger partial charge in [0.2, 0.25) is 0 Å². The fourth-order valence-corrected chi connectivity index (χ4v) is 4.77. The third-order valence-electron chi connectivity index (χ3n) is 5.18. The van der Waals surface area contributed by atoms with Crippen LogP contribution in [0.4, 0.5) is 18.9 Å². The highest BCUT2D eigenvalue weighted by Crippen LogP contribution is 2.38. The largest absolute Gasteiger partial charge is 0.478 e. The second-order valence-electron chi connectivity index (χ2n) is 7.65. The standard InChI is InChI=1S/C22H24F3N3O2S/c1-14-8-16(10-17(9-14)21(29)30)13-27-6-7-28(12-15(27)2)31-20-11-18(22(23,24)25)4-5-19(20)26-3/h4-5,8-11,15H,3,6-7,12-13H2,1-2H3,(H,29,30). The molecule has 0 aliphatic carbocycles. The zero-order valence-corrected chi connectivity index (χ0v) is 18.1. The van der Waals surface area contributed by atoms with Crippen LogP contribution in [0.2, 0.25) is 0 Å². The Bertz CT molecular complexity index is 981. The maximum atomic E-state index is 13.1. The number of aromatic carboxylic acids is 1. The van der Waals surface area contributed by atoms with Gasteiger partial charge in [-0.2, -0.15) is 13.2 Å². The third kappa shape index (κ3) is 5.87. The van der Waals surface area contributed by atoms with Crippen LogP contribution in [0, 0.1) is 6.92 Å². The molecule has 5 nitrogen and oxygen atoms in total. The van der Waals surface area contributed by atoms with Crippen molar-refractivity contribution in [1.82, 2.24) is 9.21 Å². The predicted molar refractivity (Wildman–Crippen MR) is 116 cm³/mol. The van der Waals surface area contributed by atoms with Crippen molar-refractivity contribution in [3.63, 3.8) is 0 Å². The monoisotopic (exact) mass is 451 g/mol. The SMILES string of the molecule is C=Nc1ccc(C(F)(F)F)cc1SN1CCN(Cc2cc(C)cc(C(=O)O)c2)C(C)C1. The Morgan fingerprint density at radius 3 is 2.61 bits per heavy atom. The maximum absolute atomic E-state index is 13.1. The lowest BCUT2D eigenvalue weighted by atomic mass is 10.0. The van der Waals surface area contributed by atoms with Crippen LogP contribution in [0.15, 0.2) is 46.3 Å². The first kappa shape index (κ1) is 23.3. The average molecular weight is 452 g/mol. The number of carboxylic acid groups (broad SMARTS) is 1. The van der Waals surface area contributed by atoms with Gasteiger partial charge >= 0.3 is 12.1 Å². The molecule has 1 aliphatic rings. The van der Waals surface area contributed by atoms with E-state index >= 15 is 0 Å². The number of aryl methyl sites for hydroxylation is 1. The molecule has 0 bridgehead atoms. The van der Waals surface area contributed by atoms with E-state index in [0.29, 0.717) is 36.8 Å². The molecule has 1 aliphatic heterocycles. The van der Waals surface area contributed by atoms with Crippen molar-refractivity contribution in [1.29, 1.82) is 0 Å². The minimum atomic E-state index is -4.41. The fourth-order valence-electron chi connectivity index (χ4n) is 3.62. The molecule has 0 spiro atoms. The van der Waals surface area contributed by atoms with Gasteiger partial charge in [0.05, 0.1) is 16.8 Å². The van der Waals surface area contributed by atoms with Crippen LogP contribution in [-0.2, 0) is 12.7 Å². The number of benzene rings is 2. The second kappa shape index (κ2) is 9.42. The number of nitrogens with zero attached hydrogens (tertiary/aromatic N) is 3. The number of rotatable bonds is 6. The Morgan fingerprint density at radius 1 is 1.26 bits per heavy atom. The van der Waals surface area contributed by atoms with E-state index in [1.807, 2.05) is 17.3 Å². The van der Waals surface area contributed by atoms with Crippen LogP contribution in [0.5, 0.6) is 0 Å². The van der Waals surface area contributed by atoms with Gasteiger partial charge in [-0.25, -0.2) is 9.10 Å². The molecule has 1 atom stereocenters. The van der Waals surface area contributed by atoms with Crippen molar-refractivity contribution in [2.24, 2.45) is 4.99 Å². The van der Waals surface area contributed by atoms with Crippen molar-refractivity contribution in [2.45, 2.75) is 37.5 Å². The summed E-state index contributed by atoms with van der Waals surface area (Å²) in [6, 6.07) is 8.92. The molecule has 1 fully saturated rings. The second-order valence-corrected chi connectivity index (χ2v) is 8.79. The zero-order chi connectivity index (χ0) is 22.8. The van der Waals surface area contributed by atoms with Crippen LogP contribution >= 0.6 is 11.9 Å². The Kier molecular flexibility index (Phi) is 7.08. The molecule has 1 unspecified atom stereocenters. The third-order valence-corrected chi connectivity index (χ3v) is 6.30. The first-order valence-electron chi connectivity index (χ1n) is 9.75. The van der Waals surface area contributed by atoms with Gasteiger partial charge in [-0.15, -0.1) is 0 Å². The van der Waals surface area contributed by atoms with Gasteiger partial charge in [-0.3, -0.25) is 9.89 Å². The molecular formula is C22H24F3N3O2S. The summed E-state index contributed by atoms with van der Waals surface area (Å²) in [6.07, 6.45) is -4.41. The van der Waals surface area contributed by atoms with E-state index in [4.69, 9.17) is 0 Å². The number of aliphatic imine (C=N–C) groups is 1. The van der Waals surface area contributed by atoms with Gasteiger partial charge in [0.1, 0.15) is 0 Å². The van der Waals surface area contributed by atoms with Gasteiger partial charge in [-0.1, -0.05) is 6.07 Å². The summed E-state index contributed by atoms with van der Waals surface area (Å²) in [4.78, 5) is 17.8. The molecule has 1 saturated heterocycles. The minimum absolute atomic E-state index is 0.140. The lowest BCUT2D eigenvalue weighted by molar-refractivity contribution is -0.137. The summed E-state index contributed by atoms with van der Waals surface area (Å²) in [7, 11) is 0. The van der Waals surface area contributed by atoms with Gasteiger partial charge in [0.15, 0.2) is 0 Å². The highest BCUT2D eigenvalue weighted by molar-refractivity contribution is 7.97. The number of halogens is 3. The Hall–Kier alpha value is -2.36. The summed E-state index contributed by atoms with van der Waals surface area (Å²) in [5.74, 6) is -0.952. The van der Waals surface area contributed by atoms with Crippen molar-refractivity contribution in [3.8, 4) is 0 Å². The van der Waals surface area contributed by atoms with Crippen LogP contribution < -0.4 is 0 Å². The lowest BCUT2D eigenvalue weighted by Crippen LogP contribution is -2.48. The van der Waals surface area contributed by atoms with E-state index in [1.165, 1.54) is 18.0 Å². The molecule has 0 amide bonds. The van der Waals surface area contributed by atoms with E-state index in [2.05, 4.69) is 23.5 Å². The van der Waals surface area contributed by atoms with Crippen molar-refractivity contribution in [2.75, 3.05) is 19.6 Å². The highest BCUT2D eigenvalue weighted by Gasteiger charge is 2.32. The molecule has 2 aromatic rings. The maximum Gasteiger partial charge on any atom is 0.416 e. The van der Waals surface area contributed by atoms with Crippen LogP contribution in [0.25, 0.3) is 0 Å². The smallest absolute Gasteiger partial charge is 0.416 e. The van der Waals surface area contributed by atoms with Crippen LogP contribution in [0.1, 0.15) is 34.0 Å². The lowest BCUT2D eigenvalue weighted by Gasteiger charge is -2.39. The molecule has 1 N–H and O–H groups in total. The number of piperazine rings is 1. The average Bonchev–Trinajstić information content (AvgIpc) is 2.69.